The van der Waals surface area contributed by atoms with Crippen LogP contribution in [0, 0.1) is 11.8 Å². The van der Waals surface area contributed by atoms with Crippen LogP contribution in [0.4, 0.5) is 0 Å². The smallest absolute Gasteiger partial charge is 0.333 e. The fourth-order valence-corrected chi connectivity index (χ4v) is 2.34. The summed E-state index contributed by atoms with van der Waals surface area (Å²) in [6.45, 7) is 9.70. The van der Waals surface area contributed by atoms with Gasteiger partial charge in [0.1, 0.15) is 6.10 Å². The molecule has 2 heteroatoms. The molecular formula is C13H22O2. The van der Waals surface area contributed by atoms with E-state index >= 15 is 0 Å². The zero-order valence-electron chi connectivity index (χ0n) is 10.1. The second-order valence-electron chi connectivity index (χ2n) is 4.64. The molecule has 0 aromatic rings. The van der Waals surface area contributed by atoms with E-state index in [9.17, 15) is 4.79 Å². The topological polar surface area (TPSA) is 26.3 Å². The Morgan fingerprint density at radius 1 is 1.33 bits per heavy atom. The second-order valence-corrected chi connectivity index (χ2v) is 4.64. The van der Waals surface area contributed by atoms with E-state index < -0.39 is 0 Å². The summed E-state index contributed by atoms with van der Waals surface area (Å²) in [5, 5.41) is 0. The van der Waals surface area contributed by atoms with Gasteiger partial charge in [0.2, 0.25) is 0 Å². The molecule has 0 aromatic carbocycles. The van der Waals surface area contributed by atoms with Gasteiger partial charge in [0.05, 0.1) is 0 Å². The molecule has 2 nitrogen and oxygen atoms in total. The quantitative estimate of drug-likeness (QED) is 0.525. The van der Waals surface area contributed by atoms with Gasteiger partial charge in [-0.05, 0) is 38.0 Å². The molecule has 1 rings (SSSR count). The molecule has 3 unspecified atom stereocenters. The Labute approximate surface area is 92.7 Å². The normalized spacial score (nSPS) is 30.2. The summed E-state index contributed by atoms with van der Waals surface area (Å²) in [6, 6.07) is 0. The lowest BCUT2D eigenvalue weighted by Crippen LogP contribution is -2.22. The summed E-state index contributed by atoms with van der Waals surface area (Å²) < 4.78 is 5.47. The Hall–Kier alpha value is -0.790. The Kier molecular flexibility index (Phi) is 4.37. The van der Waals surface area contributed by atoms with Crippen LogP contribution in [0.5, 0.6) is 0 Å². The van der Waals surface area contributed by atoms with Gasteiger partial charge < -0.3 is 4.74 Å². The van der Waals surface area contributed by atoms with Gasteiger partial charge in [0, 0.05) is 5.57 Å². The van der Waals surface area contributed by atoms with Crippen molar-refractivity contribution in [2.75, 3.05) is 0 Å². The van der Waals surface area contributed by atoms with E-state index in [1.54, 1.807) is 6.92 Å². The number of esters is 1. The molecule has 0 amide bonds. The molecule has 0 saturated heterocycles. The van der Waals surface area contributed by atoms with Gasteiger partial charge in [-0.2, -0.15) is 0 Å². The van der Waals surface area contributed by atoms with Gasteiger partial charge in [0.15, 0.2) is 0 Å². The zero-order chi connectivity index (χ0) is 11.4. The predicted octanol–water partition coefficient (Wildman–Crippen LogP) is 3.32. The summed E-state index contributed by atoms with van der Waals surface area (Å²) in [5.74, 6) is 1.06. The second kappa shape index (κ2) is 5.34. The molecule has 0 bridgehead atoms. The Balaban J connectivity index is 2.53. The lowest BCUT2D eigenvalue weighted by atomic mass is 10.0. The van der Waals surface area contributed by atoms with Crippen molar-refractivity contribution in [1.82, 2.24) is 0 Å². The first-order valence-corrected chi connectivity index (χ1v) is 5.94. The van der Waals surface area contributed by atoms with Crippen molar-refractivity contribution in [3.63, 3.8) is 0 Å². The Morgan fingerprint density at radius 2 is 2.00 bits per heavy atom. The third kappa shape index (κ3) is 3.08. The van der Waals surface area contributed by atoms with Crippen molar-refractivity contribution in [3.8, 4) is 0 Å². The molecule has 3 atom stereocenters. The van der Waals surface area contributed by atoms with Crippen LogP contribution >= 0.6 is 0 Å². The molecule has 1 fully saturated rings. The lowest BCUT2D eigenvalue weighted by Gasteiger charge is -2.18. The average Bonchev–Trinajstić information content (AvgIpc) is 2.60. The number of carbonyl (C=O) groups excluding carboxylic acids is 1. The summed E-state index contributed by atoms with van der Waals surface area (Å²) in [4.78, 5) is 11.4. The third-order valence-electron chi connectivity index (χ3n) is 3.44. The van der Waals surface area contributed by atoms with Gasteiger partial charge in [-0.3, -0.25) is 0 Å². The minimum Gasteiger partial charge on any atom is -0.459 e. The third-order valence-corrected chi connectivity index (χ3v) is 3.44. The standard InChI is InChI=1S/C13H22O2/c1-5-10-7-11(6-2)12(8-10)15-13(14)9(3)4/h10-12H,3,5-8H2,1-2,4H3. The number of rotatable bonds is 4. The maximum atomic E-state index is 11.4. The van der Waals surface area contributed by atoms with Crippen molar-refractivity contribution in [3.05, 3.63) is 12.2 Å². The maximum Gasteiger partial charge on any atom is 0.333 e. The predicted molar refractivity (Wildman–Crippen MR) is 61.5 cm³/mol. The number of carbonyl (C=O) groups is 1. The molecule has 1 aliphatic carbocycles. The molecule has 0 aliphatic heterocycles. The highest BCUT2D eigenvalue weighted by atomic mass is 16.5. The maximum absolute atomic E-state index is 11.4. The van der Waals surface area contributed by atoms with E-state index in [1.165, 1.54) is 12.8 Å². The van der Waals surface area contributed by atoms with Crippen molar-refractivity contribution < 1.29 is 9.53 Å². The fourth-order valence-electron chi connectivity index (χ4n) is 2.34. The first-order valence-electron chi connectivity index (χ1n) is 5.94. The Bertz CT molecular complexity index is 245. The first-order chi connectivity index (χ1) is 7.08. The molecule has 1 aliphatic rings. The number of ether oxygens (including phenoxy) is 1. The zero-order valence-corrected chi connectivity index (χ0v) is 10.1. The monoisotopic (exact) mass is 210 g/mol. The SMILES string of the molecule is C=C(C)C(=O)OC1CC(CC)CC1CC. The van der Waals surface area contributed by atoms with E-state index in [2.05, 4.69) is 20.4 Å². The van der Waals surface area contributed by atoms with Gasteiger partial charge in [-0.15, -0.1) is 0 Å². The van der Waals surface area contributed by atoms with E-state index in [4.69, 9.17) is 4.74 Å². The van der Waals surface area contributed by atoms with Crippen LogP contribution in [0.1, 0.15) is 46.5 Å². The molecule has 1 saturated carbocycles. The molecule has 0 N–H and O–H groups in total. The van der Waals surface area contributed by atoms with Gasteiger partial charge in [0.25, 0.3) is 0 Å². The van der Waals surface area contributed by atoms with Crippen molar-refractivity contribution in [2.24, 2.45) is 11.8 Å². The molecule has 86 valence electrons. The van der Waals surface area contributed by atoms with Crippen molar-refractivity contribution >= 4 is 5.97 Å². The average molecular weight is 210 g/mol. The van der Waals surface area contributed by atoms with Crippen LogP contribution in [0.15, 0.2) is 12.2 Å². The number of hydrogen-bond acceptors (Lipinski definition) is 2. The fraction of sp³-hybridized carbons (Fsp3) is 0.769. The largest absolute Gasteiger partial charge is 0.459 e. The highest BCUT2D eigenvalue weighted by Gasteiger charge is 2.34. The van der Waals surface area contributed by atoms with Gasteiger partial charge >= 0.3 is 5.97 Å². The highest BCUT2D eigenvalue weighted by Crippen LogP contribution is 2.37. The number of hydrogen-bond donors (Lipinski definition) is 0. The Morgan fingerprint density at radius 3 is 2.47 bits per heavy atom. The van der Waals surface area contributed by atoms with Crippen LogP contribution in [0.25, 0.3) is 0 Å². The molecule has 0 radical (unpaired) electrons. The van der Waals surface area contributed by atoms with Crippen LogP contribution < -0.4 is 0 Å². The molecule has 0 spiro atoms. The van der Waals surface area contributed by atoms with E-state index in [0.717, 1.165) is 18.8 Å². The minimum absolute atomic E-state index is 0.129. The first kappa shape index (κ1) is 12.3. The van der Waals surface area contributed by atoms with E-state index in [0.29, 0.717) is 11.5 Å². The van der Waals surface area contributed by atoms with Crippen molar-refractivity contribution in [1.29, 1.82) is 0 Å². The van der Waals surface area contributed by atoms with Gasteiger partial charge in [-0.1, -0.05) is 26.8 Å². The van der Waals surface area contributed by atoms with E-state index in [1.807, 2.05) is 0 Å². The van der Waals surface area contributed by atoms with E-state index in [-0.39, 0.29) is 12.1 Å². The molecule has 15 heavy (non-hydrogen) atoms. The molecule has 0 heterocycles. The van der Waals surface area contributed by atoms with Crippen LogP contribution in [0.3, 0.4) is 0 Å². The lowest BCUT2D eigenvalue weighted by molar-refractivity contribution is -0.146. The molecular weight excluding hydrogens is 188 g/mol. The van der Waals surface area contributed by atoms with Crippen LogP contribution in [0.2, 0.25) is 0 Å². The summed E-state index contributed by atoms with van der Waals surface area (Å²) in [6.07, 6.45) is 4.67. The van der Waals surface area contributed by atoms with Crippen LogP contribution in [-0.2, 0) is 9.53 Å². The summed E-state index contributed by atoms with van der Waals surface area (Å²) >= 11 is 0. The van der Waals surface area contributed by atoms with Gasteiger partial charge in [-0.25, -0.2) is 4.79 Å². The highest BCUT2D eigenvalue weighted by molar-refractivity contribution is 5.87. The summed E-state index contributed by atoms with van der Waals surface area (Å²) in [5.41, 5.74) is 0.504. The molecule has 0 aromatic heterocycles. The minimum atomic E-state index is -0.227. The summed E-state index contributed by atoms with van der Waals surface area (Å²) in [7, 11) is 0. The van der Waals surface area contributed by atoms with Crippen LogP contribution in [-0.4, -0.2) is 12.1 Å². The van der Waals surface area contributed by atoms with Crippen molar-refractivity contribution in [2.45, 2.75) is 52.6 Å².